The van der Waals surface area contributed by atoms with Gasteiger partial charge in [-0.25, -0.2) is 0 Å². The first-order chi connectivity index (χ1) is 14.7. The van der Waals surface area contributed by atoms with Gasteiger partial charge in [0.2, 0.25) is 0 Å². The van der Waals surface area contributed by atoms with Gasteiger partial charge in [0.1, 0.15) is 11.5 Å². The number of hydrogen-bond acceptors (Lipinski definition) is 4. The lowest BCUT2D eigenvalue weighted by molar-refractivity contribution is -0.142. The summed E-state index contributed by atoms with van der Waals surface area (Å²) < 4.78 is 5.56. The number of piperazine rings is 1. The van der Waals surface area contributed by atoms with Crippen LogP contribution in [-0.2, 0) is 14.9 Å². The third-order valence-electron chi connectivity index (χ3n) is 6.42. The second-order valence-electron chi connectivity index (χ2n) is 8.17. The molecule has 0 bridgehead atoms. The first-order valence-electron chi connectivity index (χ1n) is 10.9. The standard InChI is InChI=1S/C25H29N3O2/c26-20-25(21-8-3-1-4-9-21,22-10-5-2-6-11-22)13-14-27-15-17-28(18-16-27)24(29)23-12-7-19-30-23/h1-6,8-11,23H,7,12-19H2. The van der Waals surface area contributed by atoms with Crippen molar-refractivity contribution >= 4 is 5.91 Å². The minimum absolute atomic E-state index is 0.145. The van der Waals surface area contributed by atoms with Crippen LogP contribution in [0.1, 0.15) is 30.4 Å². The molecule has 1 amide bonds. The highest BCUT2D eigenvalue weighted by Gasteiger charge is 2.36. The zero-order valence-corrected chi connectivity index (χ0v) is 17.4. The van der Waals surface area contributed by atoms with Crippen LogP contribution in [0.5, 0.6) is 0 Å². The molecule has 2 aliphatic heterocycles. The maximum atomic E-state index is 12.6. The Kier molecular flexibility index (Phi) is 6.47. The molecule has 30 heavy (non-hydrogen) atoms. The molecular formula is C25H29N3O2. The third-order valence-corrected chi connectivity index (χ3v) is 6.42. The van der Waals surface area contributed by atoms with Crippen molar-refractivity contribution in [3.05, 3.63) is 71.8 Å². The van der Waals surface area contributed by atoms with Gasteiger partial charge in [-0.3, -0.25) is 9.69 Å². The molecule has 5 nitrogen and oxygen atoms in total. The van der Waals surface area contributed by atoms with Crippen LogP contribution < -0.4 is 0 Å². The van der Waals surface area contributed by atoms with Crippen LogP contribution in [-0.4, -0.2) is 61.1 Å². The van der Waals surface area contributed by atoms with Crippen LogP contribution in [0.15, 0.2) is 60.7 Å². The number of benzene rings is 2. The van der Waals surface area contributed by atoms with E-state index in [-0.39, 0.29) is 12.0 Å². The molecule has 2 heterocycles. The maximum absolute atomic E-state index is 12.6. The lowest BCUT2D eigenvalue weighted by Gasteiger charge is -2.37. The second kappa shape index (κ2) is 9.42. The number of nitriles is 1. The van der Waals surface area contributed by atoms with Crippen molar-refractivity contribution in [2.24, 2.45) is 0 Å². The highest BCUT2D eigenvalue weighted by Crippen LogP contribution is 2.35. The van der Waals surface area contributed by atoms with Gasteiger partial charge in [-0.05, 0) is 30.4 Å². The van der Waals surface area contributed by atoms with E-state index in [1.165, 1.54) is 0 Å². The molecular weight excluding hydrogens is 374 g/mol. The van der Waals surface area contributed by atoms with E-state index in [0.29, 0.717) is 6.61 Å². The summed E-state index contributed by atoms with van der Waals surface area (Å²) >= 11 is 0. The van der Waals surface area contributed by atoms with E-state index < -0.39 is 5.41 Å². The van der Waals surface area contributed by atoms with E-state index in [4.69, 9.17) is 4.74 Å². The molecule has 2 aromatic carbocycles. The Morgan fingerprint density at radius 1 is 1.00 bits per heavy atom. The van der Waals surface area contributed by atoms with Crippen molar-refractivity contribution in [1.29, 1.82) is 5.26 Å². The third kappa shape index (κ3) is 4.26. The van der Waals surface area contributed by atoms with Gasteiger partial charge in [0.15, 0.2) is 0 Å². The maximum Gasteiger partial charge on any atom is 0.251 e. The normalized spacial score (nSPS) is 20.1. The molecule has 1 atom stereocenters. The highest BCUT2D eigenvalue weighted by molar-refractivity contribution is 5.81. The summed E-state index contributed by atoms with van der Waals surface area (Å²) in [5.41, 5.74) is 1.39. The minimum atomic E-state index is -0.673. The molecule has 2 saturated heterocycles. The predicted octanol–water partition coefficient (Wildman–Crippen LogP) is 3.21. The molecule has 0 N–H and O–H groups in total. The summed E-state index contributed by atoms with van der Waals surface area (Å²) in [6.45, 7) is 4.65. The van der Waals surface area contributed by atoms with Crippen molar-refractivity contribution < 1.29 is 9.53 Å². The van der Waals surface area contributed by atoms with Gasteiger partial charge in [-0.2, -0.15) is 5.26 Å². The van der Waals surface area contributed by atoms with Gasteiger partial charge in [-0.15, -0.1) is 0 Å². The Morgan fingerprint density at radius 3 is 2.10 bits per heavy atom. The van der Waals surface area contributed by atoms with Crippen LogP contribution in [0.2, 0.25) is 0 Å². The van der Waals surface area contributed by atoms with Crippen LogP contribution in [0, 0.1) is 11.3 Å². The molecule has 156 valence electrons. The van der Waals surface area contributed by atoms with Gasteiger partial charge < -0.3 is 9.64 Å². The number of ether oxygens (including phenoxy) is 1. The lowest BCUT2D eigenvalue weighted by atomic mass is 9.73. The fourth-order valence-electron chi connectivity index (χ4n) is 4.58. The monoisotopic (exact) mass is 403 g/mol. The summed E-state index contributed by atoms with van der Waals surface area (Å²) in [6.07, 6.45) is 2.31. The fraction of sp³-hybridized carbons (Fsp3) is 0.440. The van der Waals surface area contributed by atoms with Crippen molar-refractivity contribution in [2.45, 2.75) is 30.8 Å². The zero-order valence-electron chi connectivity index (χ0n) is 17.4. The summed E-state index contributed by atoms with van der Waals surface area (Å²) in [5.74, 6) is 0.145. The average Bonchev–Trinajstić information content (AvgIpc) is 3.36. The number of hydrogen-bond donors (Lipinski definition) is 0. The Bertz CT molecular complexity index is 825. The number of rotatable bonds is 6. The average molecular weight is 404 g/mol. The SMILES string of the molecule is N#CC(CCN1CCN(C(=O)C2CCCO2)CC1)(c1ccccc1)c1ccccc1. The van der Waals surface area contributed by atoms with E-state index in [1.807, 2.05) is 41.3 Å². The molecule has 5 heteroatoms. The summed E-state index contributed by atoms with van der Waals surface area (Å²) in [7, 11) is 0. The molecule has 4 rings (SSSR count). The van der Waals surface area contributed by atoms with Crippen molar-refractivity contribution in [2.75, 3.05) is 39.3 Å². The summed E-state index contributed by atoms with van der Waals surface area (Å²) in [5, 5.41) is 10.3. The van der Waals surface area contributed by atoms with E-state index >= 15 is 0 Å². The van der Waals surface area contributed by atoms with E-state index in [1.54, 1.807) is 0 Å². The smallest absolute Gasteiger partial charge is 0.251 e. The van der Waals surface area contributed by atoms with E-state index in [2.05, 4.69) is 35.2 Å². The fourth-order valence-corrected chi connectivity index (χ4v) is 4.58. The van der Waals surface area contributed by atoms with Gasteiger partial charge in [0, 0.05) is 39.3 Å². The largest absolute Gasteiger partial charge is 0.368 e. The number of nitrogens with zero attached hydrogens (tertiary/aromatic N) is 3. The van der Waals surface area contributed by atoms with E-state index in [0.717, 1.165) is 63.1 Å². The summed E-state index contributed by atoms with van der Waals surface area (Å²) in [6, 6.07) is 22.8. The topological polar surface area (TPSA) is 56.6 Å². The zero-order chi connectivity index (χ0) is 20.8. The molecule has 2 aliphatic rings. The first kappa shape index (κ1) is 20.6. The Balaban J connectivity index is 1.43. The highest BCUT2D eigenvalue weighted by atomic mass is 16.5. The lowest BCUT2D eigenvalue weighted by Crippen LogP contribution is -2.52. The van der Waals surface area contributed by atoms with E-state index in [9.17, 15) is 10.1 Å². The van der Waals surface area contributed by atoms with Gasteiger partial charge >= 0.3 is 0 Å². The number of amides is 1. The van der Waals surface area contributed by atoms with Crippen LogP contribution in [0.3, 0.4) is 0 Å². The van der Waals surface area contributed by atoms with Crippen molar-refractivity contribution in [1.82, 2.24) is 9.80 Å². The van der Waals surface area contributed by atoms with Gasteiger partial charge in [0.05, 0.1) is 6.07 Å². The molecule has 0 saturated carbocycles. The van der Waals surface area contributed by atoms with Crippen molar-refractivity contribution in [3.63, 3.8) is 0 Å². The molecule has 0 radical (unpaired) electrons. The minimum Gasteiger partial charge on any atom is -0.368 e. The van der Waals surface area contributed by atoms with Crippen molar-refractivity contribution in [3.8, 4) is 6.07 Å². The number of carbonyl (C=O) groups is 1. The van der Waals surface area contributed by atoms with Crippen LogP contribution >= 0.6 is 0 Å². The Labute approximate surface area is 178 Å². The molecule has 2 aromatic rings. The quantitative estimate of drug-likeness (QED) is 0.743. The Hall–Kier alpha value is -2.68. The Morgan fingerprint density at radius 2 is 1.60 bits per heavy atom. The molecule has 0 aliphatic carbocycles. The molecule has 1 unspecified atom stereocenters. The van der Waals surface area contributed by atoms with Gasteiger partial charge in [0.25, 0.3) is 5.91 Å². The molecule has 0 spiro atoms. The van der Waals surface area contributed by atoms with Crippen LogP contribution in [0.4, 0.5) is 0 Å². The second-order valence-corrected chi connectivity index (χ2v) is 8.17. The summed E-state index contributed by atoms with van der Waals surface area (Å²) in [4.78, 5) is 16.9. The number of carbonyl (C=O) groups excluding carboxylic acids is 1. The van der Waals surface area contributed by atoms with Crippen LogP contribution in [0.25, 0.3) is 0 Å². The first-order valence-corrected chi connectivity index (χ1v) is 10.9. The predicted molar refractivity (Wildman–Crippen MR) is 116 cm³/mol. The van der Waals surface area contributed by atoms with Gasteiger partial charge in [-0.1, -0.05) is 60.7 Å². The molecule has 0 aromatic heterocycles. The molecule has 2 fully saturated rings.